The molecule has 0 atom stereocenters. The van der Waals surface area contributed by atoms with E-state index in [-0.39, 0.29) is 0 Å². The molecule has 0 aliphatic carbocycles. The minimum Gasteiger partial charge on any atom is -0.335 e. The number of thiophene rings is 1. The van der Waals surface area contributed by atoms with Crippen LogP contribution in [0.15, 0.2) is 47.2 Å². The second kappa shape index (κ2) is 5.71. The van der Waals surface area contributed by atoms with E-state index < -0.39 is 0 Å². The fourth-order valence-electron chi connectivity index (χ4n) is 2.36. The third-order valence-electron chi connectivity index (χ3n) is 3.48. The van der Waals surface area contributed by atoms with Crippen LogP contribution in [-0.2, 0) is 5.75 Å². The summed E-state index contributed by atoms with van der Waals surface area (Å²) in [6, 6.07) is 8.03. The lowest BCUT2D eigenvalue weighted by atomic mass is 10.3. The molecule has 0 aromatic carbocycles. The van der Waals surface area contributed by atoms with Gasteiger partial charge >= 0.3 is 0 Å². The molecule has 116 valence electrons. The van der Waals surface area contributed by atoms with Gasteiger partial charge in [-0.15, -0.1) is 21.5 Å². The Balaban J connectivity index is 1.56. The third-order valence-corrected chi connectivity index (χ3v) is 5.33. The molecule has 0 bridgehead atoms. The van der Waals surface area contributed by atoms with Crippen molar-refractivity contribution in [3.8, 4) is 10.7 Å². The summed E-state index contributed by atoms with van der Waals surface area (Å²) in [5.74, 6) is 7.49. The van der Waals surface area contributed by atoms with Crippen molar-refractivity contribution < 1.29 is 0 Å². The highest BCUT2D eigenvalue weighted by atomic mass is 32.2. The first kappa shape index (κ1) is 14.3. The Morgan fingerprint density at radius 2 is 2.17 bits per heavy atom. The maximum atomic E-state index is 6.11. The van der Waals surface area contributed by atoms with E-state index >= 15 is 0 Å². The van der Waals surface area contributed by atoms with Crippen LogP contribution < -0.4 is 5.84 Å². The van der Waals surface area contributed by atoms with Crippen LogP contribution in [-0.4, -0.2) is 24.3 Å². The average Bonchev–Trinajstić information content (AvgIpc) is 3.25. The summed E-state index contributed by atoms with van der Waals surface area (Å²) in [5.41, 5.74) is 3.13. The van der Waals surface area contributed by atoms with Crippen LogP contribution >= 0.6 is 23.1 Å². The molecule has 6 nitrogen and oxygen atoms in total. The quantitative estimate of drug-likeness (QED) is 0.456. The molecule has 2 N–H and O–H groups in total. The van der Waals surface area contributed by atoms with Crippen molar-refractivity contribution in [3.05, 3.63) is 53.3 Å². The van der Waals surface area contributed by atoms with E-state index in [2.05, 4.69) is 28.2 Å². The van der Waals surface area contributed by atoms with Gasteiger partial charge in [-0.25, -0.2) is 9.66 Å². The van der Waals surface area contributed by atoms with E-state index in [4.69, 9.17) is 5.84 Å². The van der Waals surface area contributed by atoms with Gasteiger partial charge in [0.25, 0.3) is 0 Å². The van der Waals surface area contributed by atoms with Crippen LogP contribution in [0.5, 0.6) is 0 Å². The van der Waals surface area contributed by atoms with Crippen molar-refractivity contribution in [1.82, 2.24) is 24.3 Å². The van der Waals surface area contributed by atoms with Gasteiger partial charge in [-0.2, -0.15) is 0 Å². The first-order valence-electron chi connectivity index (χ1n) is 7.03. The van der Waals surface area contributed by atoms with Crippen molar-refractivity contribution in [1.29, 1.82) is 0 Å². The van der Waals surface area contributed by atoms with Gasteiger partial charge in [0.1, 0.15) is 5.65 Å². The third kappa shape index (κ3) is 2.60. The maximum Gasteiger partial charge on any atom is 0.210 e. The molecule has 0 saturated carbocycles. The molecule has 8 heteroatoms. The number of thioether (sulfide) groups is 1. The number of hydrogen-bond donors (Lipinski definition) is 1. The van der Waals surface area contributed by atoms with Gasteiger partial charge in [-0.3, -0.25) is 0 Å². The van der Waals surface area contributed by atoms with Crippen molar-refractivity contribution in [2.45, 2.75) is 17.8 Å². The topological polar surface area (TPSA) is 74.0 Å². The number of aromatic nitrogens is 5. The number of nitrogen functional groups attached to an aromatic ring is 1. The highest BCUT2D eigenvalue weighted by Gasteiger charge is 2.13. The van der Waals surface area contributed by atoms with E-state index in [1.807, 2.05) is 40.4 Å². The fraction of sp³-hybridized carbons (Fsp3) is 0.133. The Morgan fingerprint density at radius 3 is 2.96 bits per heavy atom. The Bertz CT molecular complexity index is 954. The molecule has 0 fully saturated rings. The molecule has 0 unspecified atom stereocenters. The number of nitrogens with zero attached hydrogens (tertiary/aromatic N) is 5. The molecule has 23 heavy (non-hydrogen) atoms. The minimum absolute atomic E-state index is 0.683. The molecule has 0 radical (unpaired) electrons. The minimum atomic E-state index is 0.683. The first-order chi connectivity index (χ1) is 11.2. The standard InChI is InChI=1S/C15H14N6S2/c1-10-4-2-6-20-8-11(17-13(10)20)9-23-15-19-18-14(21(15)16)12-5-3-7-22-12/h2-8H,9,16H2,1H3. The van der Waals surface area contributed by atoms with Gasteiger partial charge in [0.15, 0.2) is 5.82 Å². The zero-order chi connectivity index (χ0) is 15.8. The van der Waals surface area contributed by atoms with Gasteiger partial charge < -0.3 is 10.2 Å². The van der Waals surface area contributed by atoms with E-state index in [1.165, 1.54) is 16.4 Å². The Morgan fingerprint density at radius 1 is 1.26 bits per heavy atom. The smallest absolute Gasteiger partial charge is 0.210 e. The molecule has 0 spiro atoms. The lowest BCUT2D eigenvalue weighted by Crippen LogP contribution is -2.11. The number of hydrogen-bond acceptors (Lipinski definition) is 6. The SMILES string of the molecule is Cc1cccn2cc(CSc3nnc(-c4cccs4)n3N)nc12. The van der Waals surface area contributed by atoms with Crippen LogP contribution in [0.25, 0.3) is 16.3 Å². The monoisotopic (exact) mass is 342 g/mol. The number of rotatable bonds is 4. The first-order valence-corrected chi connectivity index (χ1v) is 8.89. The summed E-state index contributed by atoms with van der Waals surface area (Å²) >= 11 is 3.13. The van der Waals surface area contributed by atoms with Gasteiger partial charge in [-0.1, -0.05) is 23.9 Å². The maximum absolute atomic E-state index is 6.11. The van der Waals surface area contributed by atoms with Crippen molar-refractivity contribution in [3.63, 3.8) is 0 Å². The summed E-state index contributed by atoms with van der Waals surface area (Å²) in [6.45, 7) is 2.06. The van der Waals surface area contributed by atoms with E-state index in [0.29, 0.717) is 16.7 Å². The Labute approximate surface area is 141 Å². The molecule has 0 amide bonds. The van der Waals surface area contributed by atoms with Crippen LogP contribution in [0.2, 0.25) is 0 Å². The largest absolute Gasteiger partial charge is 0.335 e. The summed E-state index contributed by atoms with van der Waals surface area (Å²) < 4.78 is 3.58. The van der Waals surface area contributed by atoms with Crippen LogP contribution in [0, 0.1) is 6.92 Å². The van der Waals surface area contributed by atoms with E-state index in [0.717, 1.165) is 21.8 Å². The molecule has 0 aliphatic rings. The van der Waals surface area contributed by atoms with Crippen LogP contribution in [0.3, 0.4) is 0 Å². The highest BCUT2D eigenvalue weighted by Crippen LogP contribution is 2.26. The van der Waals surface area contributed by atoms with E-state index in [9.17, 15) is 0 Å². The molecular formula is C15H14N6S2. The zero-order valence-electron chi connectivity index (χ0n) is 12.4. The van der Waals surface area contributed by atoms with Crippen LogP contribution in [0.1, 0.15) is 11.3 Å². The average molecular weight is 342 g/mol. The predicted molar refractivity (Wildman–Crippen MR) is 93.0 cm³/mol. The predicted octanol–water partition coefficient (Wildman–Crippen LogP) is 2.97. The number of fused-ring (bicyclic) bond motifs is 1. The van der Waals surface area contributed by atoms with Gasteiger partial charge in [0, 0.05) is 18.1 Å². The molecular weight excluding hydrogens is 328 g/mol. The highest BCUT2D eigenvalue weighted by molar-refractivity contribution is 7.98. The zero-order valence-corrected chi connectivity index (χ0v) is 14.0. The van der Waals surface area contributed by atoms with E-state index in [1.54, 1.807) is 11.3 Å². The Kier molecular flexibility index (Phi) is 3.55. The number of aryl methyl sites for hydroxylation is 1. The van der Waals surface area contributed by atoms with Gasteiger partial charge in [0.05, 0.1) is 10.6 Å². The molecule has 4 aromatic rings. The number of pyridine rings is 1. The molecule has 4 aromatic heterocycles. The molecule has 4 heterocycles. The summed E-state index contributed by atoms with van der Waals surface area (Å²) in [5, 5.41) is 11.0. The summed E-state index contributed by atoms with van der Waals surface area (Å²) in [4.78, 5) is 5.67. The summed E-state index contributed by atoms with van der Waals surface area (Å²) in [6.07, 6.45) is 4.04. The summed E-state index contributed by atoms with van der Waals surface area (Å²) in [7, 11) is 0. The lowest BCUT2D eigenvalue weighted by molar-refractivity contribution is 0.850. The fourth-order valence-corrected chi connectivity index (χ4v) is 3.81. The number of imidazole rings is 1. The van der Waals surface area contributed by atoms with Crippen LogP contribution in [0.4, 0.5) is 0 Å². The van der Waals surface area contributed by atoms with Crippen molar-refractivity contribution >= 4 is 28.7 Å². The van der Waals surface area contributed by atoms with Crippen molar-refractivity contribution in [2.24, 2.45) is 0 Å². The molecule has 0 aliphatic heterocycles. The van der Waals surface area contributed by atoms with Gasteiger partial charge in [0.2, 0.25) is 5.16 Å². The number of nitrogens with two attached hydrogens (primary N) is 1. The second-order valence-electron chi connectivity index (χ2n) is 5.10. The molecule has 4 rings (SSSR count). The Hall–Kier alpha value is -2.32. The van der Waals surface area contributed by atoms with Gasteiger partial charge in [-0.05, 0) is 30.0 Å². The lowest BCUT2D eigenvalue weighted by Gasteiger charge is -2.00. The van der Waals surface area contributed by atoms with Crippen molar-refractivity contribution in [2.75, 3.05) is 5.84 Å². The normalized spacial score (nSPS) is 11.3. The second-order valence-corrected chi connectivity index (χ2v) is 6.99. The molecule has 0 saturated heterocycles.